The molecule has 0 bridgehead atoms. The second-order valence-corrected chi connectivity index (χ2v) is 9.61. The van der Waals surface area contributed by atoms with E-state index in [1.165, 1.54) is 5.56 Å². The topological polar surface area (TPSA) is 62.4 Å². The molecule has 7 heteroatoms. The maximum absolute atomic E-state index is 13.5. The van der Waals surface area contributed by atoms with Crippen molar-refractivity contribution in [3.05, 3.63) is 69.3 Å². The van der Waals surface area contributed by atoms with Gasteiger partial charge in [-0.3, -0.25) is 9.59 Å². The number of H-pyrrole nitrogens is 1. The van der Waals surface area contributed by atoms with E-state index in [2.05, 4.69) is 30.1 Å². The number of aromatic nitrogens is 1. The van der Waals surface area contributed by atoms with Gasteiger partial charge in [-0.1, -0.05) is 54.4 Å². The van der Waals surface area contributed by atoms with Crippen molar-refractivity contribution < 1.29 is 14.3 Å². The molecular formula is C27H30Cl2N2O3. The van der Waals surface area contributed by atoms with E-state index in [0.29, 0.717) is 29.7 Å². The monoisotopic (exact) mass is 500 g/mol. The maximum Gasteiger partial charge on any atom is 0.310 e. The lowest BCUT2D eigenvalue weighted by Gasteiger charge is -2.32. The largest absolute Gasteiger partial charge is 0.466 e. The van der Waals surface area contributed by atoms with Crippen molar-refractivity contribution >= 4 is 46.0 Å². The molecule has 1 aliphatic heterocycles. The third kappa shape index (κ3) is 5.11. The fraction of sp³-hybridized carbons (Fsp3) is 0.407. The van der Waals surface area contributed by atoms with Gasteiger partial charge in [0.05, 0.1) is 22.6 Å². The first-order valence-electron chi connectivity index (χ1n) is 11.9. The maximum atomic E-state index is 13.5. The number of likely N-dealkylation sites (tertiary alicyclic amines) is 1. The molecule has 5 nitrogen and oxygen atoms in total. The van der Waals surface area contributed by atoms with E-state index >= 15 is 0 Å². The van der Waals surface area contributed by atoms with Gasteiger partial charge in [-0.05, 0) is 55.0 Å². The molecule has 1 amide bonds. The van der Waals surface area contributed by atoms with Crippen LogP contribution in [-0.4, -0.2) is 41.5 Å². The smallest absolute Gasteiger partial charge is 0.310 e. The molecule has 180 valence electrons. The number of piperidine rings is 1. The van der Waals surface area contributed by atoms with Gasteiger partial charge >= 0.3 is 5.97 Å². The number of rotatable bonds is 7. The molecule has 1 aliphatic rings. The number of nitrogens with one attached hydrogen (secondary N) is 1. The summed E-state index contributed by atoms with van der Waals surface area (Å²) in [4.78, 5) is 31.0. The van der Waals surface area contributed by atoms with Crippen LogP contribution in [0.1, 0.15) is 55.7 Å². The number of nitrogens with zero attached hydrogens (tertiary/aromatic N) is 1. The average molecular weight is 501 g/mol. The van der Waals surface area contributed by atoms with E-state index in [1.807, 2.05) is 23.2 Å². The number of aryl methyl sites for hydroxylation is 1. The third-order valence-corrected chi connectivity index (χ3v) is 7.45. The van der Waals surface area contributed by atoms with Crippen LogP contribution in [0, 0.1) is 5.92 Å². The van der Waals surface area contributed by atoms with Gasteiger partial charge in [0.1, 0.15) is 0 Å². The Morgan fingerprint density at radius 3 is 2.74 bits per heavy atom. The highest BCUT2D eigenvalue weighted by molar-refractivity contribution is 6.42. The SMILES string of the molecule is CCOC(=O)[C@H]1CCCN(C(=O)C[C@@H](c2ccc(Cl)c(Cl)c2)c2c[nH]c3c(CC)cccc23)C1. The van der Waals surface area contributed by atoms with Crippen LogP contribution in [0.15, 0.2) is 42.6 Å². The van der Waals surface area contributed by atoms with E-state index in [9.17, 15) is 9.59 Å². The number of fused-ring (bicyclic) bond motifs is 1. The highest BCUT2D eigenvalue weighted by Gasteiger charge is 2.31. The first-order valence-corrected chi connectivity index (χ1v) is 12.7. The van der Waals surface area contributed by atoms with Crippen molar-refractivity contribution in [2.45, 2.75) is 45.4 Å². The average Bonchev–Trinajstić information content (AvgIpc) is 3.28. The summed E-state index contributed by atoms with van der Waals surface area (Å²) in [6.45, 7) is 5.33. The zero-order valence-electron chi connectivity index (χ0n) is 19.6. The Morgan fingerprint density at radius 2 is 2.00 bits per heavy atom. The third-order valence-electron chi connectivity index (χ3n) is 6.71. The second kappa shape index (κ2) is 10.8. The summed E-state index contributed by atoms with van der Waals surface area (Å²) >= 11 is 12.6. The number of hydrogen-bond donors (Lipinski definition) is 1. The lowest BCUT2D eigenvalue weighted by molar-refractivity contribution is -0.151. The van der Waals surface area contributed by atoms with Crippen molar-refractivity contribution in [2.24, 2.45) is 5.92 Å². The number of benzene rings is 2. The number of carbonyl (C=O) groups is 2. The first-order chi connectivity index (χ1) is 16.4. The van der Waals surface area contributed by atoms with Gasteiger partial charge in [0.2, 0.25) is 5.91 Å². The van der Waals surface area contributed by atoms with Crippen LogP contribution in [0.3, 0.4) is 0 Å². The number of halogens is 2. The summed E-state index contributed by atoms with van der Waals surface area (Å²) in [5.41, 5.74) is 4.31. The normalized spacial score (nSPS) is 17.1. The molecule has 1 fully saturated rings. The van der Waals surface area contributed by atoms with Gasteiger partial charge in [0.25, 0.3) is 0 Å². The van der Waals surface area contributed by atoms with Gasteiger partial charge in [-0.25, -0.2) is 0 Å². The predicted octanol–water partition coefficient (Wildman–Crippen LogP) is 6.36. The van der Waals surface area contributed by atoms with Gasteiger partial charge in [0.15, 0.2) is 0 Å². The highest BCUT2D eigenvalue weighted by atomic mass is 35.5. The summed E-state index contributed by atoms with van der Waals surface area (Å²) in [6, 6.07) is 11.8. The standard InChI is InChI=1S/C27H30Cl2N2O3/c1-3-17-7-5-9-20-22(15-30-26(17)20)21(18-10-11-23(28)24(29)13-18)14-25(32)31-12-6-8-19(16-31)27(33)34-4-2/h5,7,9-11,13,15,19,21,30H,3-4,6,8,12,14,16H2,1-2H3/t19-,21-/m0/s1. The van der Waals surface area contributed by atoms with Gasteiger partial charge in [0, 0.05) is 42.5 Å². The van der Waals surface area contributed by atoms with Crippen LogP contribution in [-0.2, 0) is 20.7 Å². The minimum absolute atomic E-state index is 0.0195. The first kappa shape index (κ1) is 24.6. The van der Waals surface area contributed by atoms with Crippen LogP contribution in [0.5, 0.6) is 0 Å². The second-order valence-electron chi connectivity index (χ2n) is 8.80. The molecule has 2 heterocycles. The van der Waals surface area contributed by atoms with Gasteiger partial charge < -0.3 is 14.6 Å². The molecule has 3 aromatic rings. The van der Waals surface area contributed by atoms with E-state index in [1.54, 1.807) is 13.0 Å². The Hall–Kier alpha value is -2.50. The van der Waals surface area contributed by atoms with Crippen LogP contribution >= 0.6 is 23.2 Å². The van der Waals surface area contributed by atoms with Gasteiger partial charge in [-0.15, -0.1) is 0 Å². The number of carbonyl (C=O) groups excluding carboxylic acids is 2. The quantitative estimate of drug-likeness (QED) is 0.383. The summed E-state index contributed by atoms with van der Waals surface area (Å²) < 4.78 is 5.20. The molecule has 0 radical (unpaired) electrons. The Morgan fingerprint density at radius 1 is 1.18 bits per heavy atom. The minimum atomic E-state index is -0.263. The van der Waals surface area contributed by atoms with Crippen molar-refractivity contribution in [3.8, 4) is 0 Å². The summed E-state index contributed by atoms with van der Waals surface area (Å²) in [5.74, 6) is -0.664. The molecule has 1 aromatic heterocycles. The molecule has 1 saturated heterocycles. The van der Waals surface area contributed by atoms with E-state index in [0.717, 1.165) is 41.3 Å². The Balaban J connectivity index is 1.66. The molecule has 4 rings (SSSR count). The Labute approximate surface area is 210 Å². The minimum Gasteiger partial charge on any atom is -0.466 e. The molecular weight excluding hydrogens is 471 g/mol. The number of hydrogen-bond acceptors (Lipinski definition) is 3. The number of esters is 1. The number of para-hydroxylation sites is 1. The van der Waals surface area contributed by atoms with Crippen LogP contribution < -0.4 is 0 Å². The Bertz CT molecular complexity index is 1190. The number of ether oxygens (including phenoxy) is 1. The van der Waals surface area contributed by atoms with E-state index in [-0.39, 0.29) is 30.1 Å². The van der Waals surface area contributed by atoms with Crippen molar-refractivity contribution in [1.82, 2.24) is 9.88 Å². The molecule has 0 spiro atoms. The Kier molecular flexibility index (Phi) is 7.84. The zero-order chi connectivity index (χ0) is 24.2. The molecule has 34 heavy (non-hydrogen) atoms. The summed E-state index contributed by atoms with van der Waals surface area (Å²) in [7, 11) is 0. The fourth-order valence-electron chi connectivity index (χ4n) is 4.92. The molecule has 2 aromatic carbocycles. The van der Waals surface area contributed by atoms with Crippen molar-refractivity contribution in [2.75, 3.05) is 19.7 Å². The van der Waals surface area contributed by atoms with E-state index < -0.39 is 0 Å². The predicted molar refractivity (Wildman–Crippen MR) is 137 cm³/mol. The molecule has 1 N–H and O–H groups in total. The zero-order valence-corrected chi connectivity index (χ0v) is 21.1. The van der Waals surface area contributed by atoms with Gasteiger partial charge in [-0.2, -0.15) is 0 Å². The number of aromatic amines is 1. The van der Waals surface area contributed by atoms with Crippen LogP contribution in [0.25, 0.3) is 10.9 Å². The molecule has 0 unspecified atom stereocenters. The van der Waals surface area contributed by atoms with Crippen LogP contribution in [0.4, 0.5) is 0 Å². The fourth-order valence-corrected chi connectivity index (χ4v) is 5.22. The summed E-state index contributed by atoms with van der Waals surface area (Å²) in [6.07, 6.45) is 4.73. The lowest BCUT2D eigenvalue weighted by Crippen LogP contribution is -2.43. The highest BCUT2D eigenvalue weighted by Crippen LogP contribution is 2.37. The summed E-state index contributed by atoms with van der Waals surface area (Å²) in [5, 5.41) is 2.05. The molecule has 2 atom stereocenters. The van der Waals surface area contributed by atoms with Crippen molar-refractivity contribution in [1.29, 1.82) is 0 Å². The lowest BCUT2D eigenvalue weighted by atomic mass is 9.87. The molecule has 0 aliphatic carbocycles. The number of amides is 1. The van der Waals surface area contributed by atoms with Crippen molar-refractivity contribution in [3.63, 3.8) is 0 Å². The van der Waals surface area contributed by atoms with E-state index in [4.69, 9.17) is 27.9 Å². The molecule has 0 saturated carbocycles. The van der Waals surface area contributed by atoms with Crippen LogP contribution in [0.2, 0.25) is 10.0 Å².